The van der Waals surface area contributed by atoms with Gasteiger partial charge in [-0.05, 0) is 12.5 Å². The minimum absolute atomic E-state index is 0.0203. The Balaban J connectivity index is 3.23. The number of hydrogen-bond donors (Lipinski definition) is 0. The molecule has 18 heavy (non-hydrogen) atoms. The molecule has 0 aliphatic rings. The van der Waals surface area contributed by atoms with Crippen molar-refractivity contribution in [1.82, 2.24) is 0 Å². The van der Waals surface area contributed by atoms with Gasteiger partial charge < -0.3 is 4.48 Å². The Hall–Kier alpha value is -1.74. The van der Waals surface area contributed by atoms with Crippen LogP contribution in [0.5, 0.6) is 0 Å². The topological polar surface area (TPSA) is 34.1 Å². The van der Waals surface area contributed by atoms with Crippen LogP contribution in [0.15, 0.2) is 42.5 Å². The lowest BCUT2D eigenvalue weighted by Crippen LogP contribution is -2.48. The van der Waals surface area contributed by atoms with Crippen molar-refractivity contribution in [2.45, 2.75) is 13.0 Å². The first-order valence-corrected chi connectivity index (χ1v) is 5.91. The van der Waals surface area contributed by atoms with E-state index in [0.29, 0.717) is 16.6 Å². The zero-order chi connectivity index (χ0) is 13.8. The van der Waals surface area contributed by atoms with Crippen LogP contribution >= 0.6 is 0 Å². The fourth-order valence-electron chi connectivity index (χ4n) is 2.04. The molecule has 0 N–H and O–H groups in total. The van der Waals surface area contributed by atoms with E-state index < -0.39 is 0 Å². The first-order valence-electron chi connectivity index (χ1n) is 5.91. The van der Waals surface area contributed by atoms with Crippen molar-refractivity contribution in [3.05, 3.63) is 48.0 Å². The average Bonchev–Trinajstić information content (AvgIpc) is 2.29. The molecule has 1 aromatic rings. The summed E-state index contributed by atoms with van der Waals surface area (Å²) in [5.74, 6) is -0.0203. The van der Waals surface area contributed by atoms with E-state index in [1.807, 2.05) is 44.4 Å². The summed E-state index contributed by atoms with van der Waals surface area (Å²) in [6.45, 7) is 5.73. The molecule has 0 saturated heterocycles. The number of rotatable bonds is 6. The lowest BCUT2D eigenvalue weighted by atomic mass is 9.96. The number of nitrogens with zero attached hydrogens (tertiary/aromatic N) is 1. The van der Waals surface area contributed by atoms with Gasteiger partial charge >= 0.3 is 0 Å². The zero-order valence-corrected chi connectivity index (χ0v) is 11.2. The average molecular weight is 246 g/mol. The number of quaternary nitrogens is 1. The van der Waals surface area contributed by atoms with E-state index in [2.05, 4.69) is 6.58 Å². The Morgan fingerprint density at radius 2 is 1.89 bits per heavy atom. The van der Waals surface area contributed by atoms with Crippen molar-refractivity contribution in [3.63, 3.8) is 0 Å². The van der Waals surface area contributed by atoms with Crippen molar-refractivity contribution in [1.29, 1.82) is 0 Å². The SMILES string of the molecule is C=C(C)C(=O)C(c1ccccc1)[N+](C)(C)CC=O. The first kappa shape index (κ1) is 14.3. The molecule has 3 nitrogen and oxygen atoms in total. The van der Waals surface area contributed by atoms with E-state index in [9.17, 15) is 9.59 Å². The molecule has 3 heteroatoms. The summed E-state index contributed by atoms with van der Waals surface area (Å²) in [6, 6.07) is 9.15. The predicted octanol–water partition coefficient (Wildman–Crippen LogP) is 2.15. The number of likely N-dealkylation sites (N-methyl/N-ethyl adjacent to an activating group) is 1. The zero-order valence-electron chi connectivity index (χ0n) is 11.2. The maximum atomic E-state index is 12.3. The standard InChI is InChI=1S/C15H20NO2/c1-12(2)15(18)14(16(3,4)10-11-17)13-8-6-5-7-9-13/h5-9,11,14H,1,10H2,2-4H3/q+1. The van der Waals surface area contributed by atoms with E-state index in [-0.39, 0.29) is 11.8 Å². The summed E-state index contributed by atoms with van der Waals surface area (Å²) in [4.78, 5) is 23.1. The van der Waals surface area contributed by atoms with Crippen molar-refractivity contribution in [3.8, 4) is 0 Å². The molecule has 96 valence electrons. The molecular formula is C15H20NO2+. The molecule has 1 atom stereocenters. The molecule has 1 rings (SSSR count). The number of carbonyl (C=O) groups excluding carboxylic acids is 2. The molecular weight excluding hydrogens is 226 g/mol. The second kappa shape index (κ2) is 5.74. The third-order valence-corrected chi connectivity index (χ3v) is 3.03. The number of Topliss-reactive ketones (excluding diaryl/α,β-unsaturated/α-hetero) is 1. The highest BCUT2D eigenvalue weighted by Crippen LogP contribution is 2.27. The highest BCUT2D eigenvalue weighted by Gasteiger charge is 2.36. The van der Waals surface area contributed by atoms with Gasteiger partial charge in [0.05, 0.1) is 14.1 Å². The Labute approximate surface area is 108 Å². The molecule has 0 saturated carbocycles. The quantitative estimate of drug-likeness (QED) is 0.438. The lowest BCUT2D eigenvalue weighted by molar-refractivity contribution is -0.902. The molecule has 0 bridgehead atoms. The van der Waals surface area contributed by atoms with E-state index in [1.165, 1.54) is 0 Å². The first-order chi connectivity index (χ1) is 8.40. The van der Waals surface area contributed by atoms with E-state index in [4.69, 9.17) is 0 Å². The van der Waals surface area contributed by atoms with Crippen LogP contribution in [0.1, 0.15) is 18.5 Å². The van der Waals surface area contributed by atoms with Crippen molar-refractivity contribution >= 4 is 12.1 Å². The van der Waals surface area contributed by atoms with Gasteiger partial charge in [-0.15, -0.1) is 0 Å². The predicted molar refractivity (Wildman–Crippen MR) is 72.0 cm³/mol. The Bertz CT molecular complexity index is 449. The largest absolute Gasteiger partial charge is 0.310 e. The molecule has 0 aliphatic heterocycles. The molecule has 0 amide bonds. The summed E-state index contributed by atoms with van der Waals surface area (Å²) in [6.07, 6.45) is 0.849. The van der Waals surface area contributed by atoms with Gasteiger partial charge in [-0.2, -0.15) is 0 Å². The molecule has 0 spiro atoms. The normalized spacial score (nSPS) is 12.8. The fourth-order valence-corrected chi connectivity index (χ4v) is 2.04. The van der Waals surface area contributed by atoms with Crippen LogP contribution in [0, 0.1) is 0 Å². The van der Waals surface area contributed by atoms with Gasteiger partial charge in [0.25, 0.3) is 0 Å². The van der Waals surface area contributed by atoms with Crippen molar-refractivity contribution in [2.75, 3.05) is 20.6 Å². The fraction of sp³-hybridized carbons (Fsp3) is 0.333. The third-order valence-electron chi connectivity index (χ3n) is 3.03. The monoisotopic (exact) mass is 246 g/mol. The second-order valence-electron chi connectivity index (χ2n) is 5.09. The lowest BCUT2D eigenvalue weighted by Gasteiger charge is -2.35. The van der Waals surface area contributed by atoms with Crippen LogP contribution in [0.2, 0.25) is 0 Å². The van der Waals surface area contributed by atoms with Crippen LogP contribution in [-0.2, 0) is 9.59 Å². The number of carbonyl (C=O) groups is 2. The Morgan fingerprint density at radius 3 is 2.33 bits per heavy atom. The van der Waals surface area contributed by atoms with Crippen LogP contribution in [-0.4, -0.2) is 37.2 Å². The number of benzene rings is 1. The van der Waals surface area contributed by atoms with Gasteiger partial charge in [-0.3, -0.25) is 9.59 Å². The number of aldehydes is 1. The number of hydrogen-bond acceptors (Lipinski definition) is 2. The van der Waals surface area contributed by atoms with Gasteiger partial charge in [0.2, 0.25) is 5.78 Å². The minimum atomic E-state index is -0.381. The molecule has 1 aromatic carbocycles. The van der Waals surface area contributed by atoms with Gasteiger partial charge in [0, 0.05) is 5.56 Å². The van der Waals surface area contributed by atoms with Crippen LogP contribution < -0.4 is 0 Å². The summed E-state index contributed by atoms with van der Waals surface area (Å²) in [5, 5.41) is 0. The highest BCUT2D eigenvalue weighted by atomic mass is 16.1. The van der Waals surface area contributed by atoms with Gasteiger partial charge in [0.1, 0.15) is 6.54 Å². The van der Waals surface area contributed by atoms with E-state index >= 15 is 0 Å². The summed E-state index contributed by atoms with van der Waals surface area (Å²) in [5.41, 5.74) is 1.43. The van der Waals surface area contributed by atoms with Crippen molar-refractivity contribution < 1.29 is 14.1 Å². The van der Waals surface area contributed by atoms with Crippen LogP contribution in [0.3, 0.4) is 0 Å². The maximum absolute atomic E-state index is 12.3. The maximum Gasteiger partial charge on any atom is 0.219 e. The third kappa shape index (κ3) is 3.14. The molecule has 0 aliphatic carbocycles. The Morgan fingerprint density at radius 1 is 1.33 bits per heavy atom. The van der Waals surface area contributed by atoms with E-state index in [0.717, 1.165) is 11.8 Å². The molecule has 0 fully saturated rings. The summed E-state index contributed by atoms with van der Waals surface area (Å²) in [7, 11) is 3.76. The Kier molecular flexibility index (Phi) is 4.56. The van der Waals surface area contributed by atoms with Crippen LogP contribution in [0.25, 0.3) is 0 Å². The van der Waals surface area contributed by atoms with Crippen LogP contribution in [0.4, 0.5) is 0 Å². The van der Waals surface area contributed by atoms with Gasteiger partial charge in [-0.25, -0.2) is 0 Å². The summed E-state index contributed by atoms with van der Waals surface area (Å²) >= 11 is 0. The van der Waals surface area contributed by atoms with Gasteiger partial charge in [-0.1, -0.05) is 36.9 Å². The molecule has 0 aromatic heterocycles. The second-order valence-corrected chi connectivity index (χ2v) is 5.09. The highest BCUT2D eigenvalue weighted by molar-refractivity contribution is 5.98. The minimum Gasteiger partial charge on any atom is -0.310 e. The smallest absolute Gasteiger partial charge is 0.219 e. The van der Waals surface area contributed by atoms with Gasteiger partial charge in [0.15, 0.2) is 12.3 Å². The number of ketones is 1. The molecule has 0 radical (unpaired) electrons. The van der Waals surface area contributed by atoms with E-state index in [1.54, 1.807) is 6.92 Å². The molecule has 0 heterocycles. The summed E-state index contributed by atoms with van der Waals surface area (Å²) < 4.78 is 0.305. The van der Waals surface area contributed by atoms with Crippen molar-refractivity contribution in [2.24, 2.45) is 0 Å². The molecule has 1 unspecified atom stereocenters.